The summed E-state index contributed by atoms with van der Waals surface area (Å²) in [5, 5.41) is 2.62. The normalized spacial score (nSPS) is 18.9. The maximum Gasteiger partial charge on any atom is 0.243 e. The van der Waals surface area contributed by atoms with Crippen LogP contribution in [0.15, 0.2) is 22.7 Å². The molecule has 6 heteroatoms. The van der Waals surface area contributed by atoms with Crippen LogP contribution in [-0.4, -0.2) is 36.4 Å². The second kappa shape index (κ2) is 6.26. The van der Waals surface area contributed by atoms with Crippen LogP contribution in [0.4, 0.5) is 0 Å². The van der Waals surface area contributed by atoms with Crippen molar-refractivity contribution in [3.05, 3.63) is 28.2 Å². The summed E-state index contributed by atoms with van der Waals surface area (Å²) in [6, 6.07) is 5.26. The molecule has 2 amide bonds. The quantitative estimate of drug-likeness (QED) is 0.907. The van der Waals surface area contributed by atoms with Crippen LogP contribution in [0.25, 0.3) is 0 Å². The number of amides is 2. The van der Waals surface area contributed by atoms with E-state index >= 15 is 0 Å². The van der Waals surface area contributed by atoms with E-state index in [0.29, 0.717) is 13.0 Å². The molecule has 1 unspecified atom stereocenters. The molecule has 1 aliphatic rings. The average molecular weight is 341 g/mol. The number of rotatable bonds is 4. The van der Waals surface area contributed by atoms with Crippen molar-refractivity contribution in [2.75, 3.05) is 13.7 Å². The second-order valence-electron chi connectivity index (χ2n) is 4.63. The molecule has 0 saturated carbocycles. The summed E-state index contributed by atoms with van der Waals surface area (Å²) in [6.07, 6.45) is 0.606. The van der Waals surface area contributed by atoms with Gasteiger partial charge < -0.3 is 15.0 Å². The fourth-order valence-electron chi connectivity index (χ4n) is 2.31. The van der Waals surface area contributed by atoms with Gasteiger partial charge in [0.25, 0.3) is 0 Å². The highest BCUT2D eigenvalue weighted by atomic mass is 79.9. The molecule has 1 saturated heterocycles. The molecule has 0 spiro atoms. The van der Waals surface area contributed by atoms with Crippen LogP contribution in [0.2, 0.25) is 0 Å². The topological polar surface area (TPSA) is 58.6 Å². The fraction of sp³-hybridized carbons (Fsp3) is 0.429. The number of ether oxygens (including phenoxy) is 1. The molecule has 1 aromatic carbocycles. The van der Waals surface area contributed by atoms with E-state index in [9.17, 15) is 9.59 Å². The number of hydrogen-bond acceptors (Lipinski definition) is 3. The van der Waals surface area contributed by atoms with E-state index in [-0.39, 0.29) is 18.4 Å². The highest BCUT2D eigenvalue weighted by Crippen LogP contribution is 2.26. The number of piperazine rings is 1. The lowest BCUT2D eigenvalue weighted by Crippen LogP contribution is -2.57. The molecule has 1 N–H and O–H groups in total. The Balaban J connectivity index is 2.20. The molecule has 0 aromatic heterocycles. The van der Waals surface area contributed by atoms with Crippen LogP contribution < -0.4 is 10.1 Å². The van der Waals surface area contributed by atoms with Crippen LogP contribution >= 0.6 is 15.9 Å². The predicted molar refractivity (Wildman–Crippen MR) is 78.3 cm³/mol. The van der Waals surface area contributed by atoms with E-state index < -0.39 is 6.04 Å². The molecule has 1 aromatic rings. The summed E-state index contributed by atoms with van der Waals surface area (Å²) >= 11 is 3.42. The summed E-state index contributed by atoms with van der Waals surface area (Å²) in [7, 11) is 1.60. The first-order chi connectivity index (χ1) is 9.56. The lowest BCUT2D eigenvalue weighted by Gasteiger charge is -2.34. The van der Waals surface area contributed by atoms with Gasteiger partial charge in [0.05, 0.1) is 18.1 Å². The van der Waals surface area contributed by atoms with Crippen molar-refractivity contribution in [3.8, 4) is 5.75 Å². The van der Waals surface area contributed by atoms with Crippen LogP contribution in [0.5, 0.6) is 5.75 Å². The molecule has 20 heavy (non-hydrogen) atoms. The van der Waals surface area contributed by atoms with Gasteiger partial charge in [-0.05, 0) is 40.0 Å². The number of halogens is 1. The van der Waals surface area contributed by atoms with E-state index in [1.807, 2.05) is 25.1 Å². The van der Waals surface area contributed by atoms with Gasteiger partial charge in [0.2, 0.25) is 11.8 Å². The van der Waals surface area contributed by atoms with Gasteiger partial charge in [0.15, 0.2) is 0 Å². The maximum absolute atomic E-state index is 12.0. The zero-order valence-electron chi connectivity index (χ0n) is 11.5. The number of nitrogens with zero attached hydrogens (tertiary/aromatic N) is 1. The standard InChI is InChI=1S/C14H17BrN2O3/c1-3-11-14(19)16-7-13(18)17(11)8-9-4-5-12(20-2)10(15)6-9/h4-6,11H,3,7-8H2,1-2H3,(H,16,19). The number of carbonyl (C=O) groups is 2. The van der Waals surface area contributed by atoms with Gasteiger partial charge >= 0.3 is 0 Å². The summed E-state index contributed by atoms with van der Waals surface area (Å²) in [6.45, 7) is 2.40. The monoisotopic (exact) mass is 340 g/mol. The maximum atomic E-state index is 12.0. The Hall–Kier alpha value is -1.56. The minimum absolute atomic E-state index is 0.0524. The first-order valence-electron chi connectivity index (χ1n) is 6.46. The minimum atomic E-state index is -0.392. The first kappa shape index (κ1) is 14.8. The van der Waals surface area contributed by atoms with Gasteiger partial charge in [-0.2, -0.15) is 0 Å². The smallest absolute Gasteiger partial charge is 0.243 e. The van der Waals surface area contributed by atoms with Gasteiger partial charge in [0.1, 0.15) is 11.8 Å². The number of carbonyl (C=O) groups excluding carboxylic acids is 2. The Labute approximate surface area is 126 Å². The van der Waals surface area contributed by atoms with Crippen LogP contribution in [0.1, 0.15) is 18.9 Å². The van der Waals surface area contributed by atoms with E-state index in [4.69, 9.17) is 4.74 Å². The lowest BCUT2D eigenvalue weighted by atomic mass is 10.1. The Morgan fingerprint density at radius 3 is 2.80 bits per heavy atom. The molecule has 1 aliphatic heterocycles. The largest absolute Gasteiger partial charge is 0.496 e. The van der Waals surface area contributed by atoms with Crippen LogP contribution in [0, 0.1) is 0 Å². The summed E-state index contributed by atoms with van der Waals surface area (Å²) in [5.74, 6) is 0.603. The molecule has 1 atom stereocenters. The molecular formula is C14H17BrN2O3. The number of methoxy groups -OCH3 is 1. The highest BCUT2D eigenvalue weighted by molar-refractivity contribution is 9.10. The van der Waals surface area contributed by atoms with Crippen molar-refractivity contribution in [2.45, 2.75) is 25.9 Å². The van der Waals surface area contributed by atoms with Gasteiger partial charge in [0, 0.05) is 6.54 Å². The zero-order chi connectivity index (χ0) is 14.7. The minimum Gasteiger partial charge on any atom is -0.496 e. The third kappa shape index (κ3) is 2.95. The third-order valence-corrected chi connectivity index (χ3v) is 3.99. The van der Waals surface area contributed by atoms with Crippen LogP contribution in [-0.2, 0) is 16.1 Å². The zero-order valence-corrected chi connectivity index (χ0v) is 13.1. The van der Waals surface area contributed by atoms with Crippen molar-refractivity contribution in [2.24, 2.45) is 0 Å². The Bertz CT molecular complexity index is 533. The van der Waals surface area contributed by atoms with Gasteiger partial charge in [-0.25, -0.2) is 0 Å². The molecular weight excluding hydrogens is 324 g/mol. The van der Waals surface area contributed by atoms with Crippen molar-refractivity contribution in [1.29, 1.82) is 0 Å². The van der Waals surface area contributed by atoms with Gasteiger partial charge in [-0.1, -0.05) is 13.0 Å². The Kier molecular flexibility index (Phi) is 4.65. The molecule has 1 heterocycles. The van der Waals surface area contributed by atoms with E-state index in [0.717, 1.165) is 15.8 Å². The van der Waals surface area contributed by atoms with Crippen LogP contribution in [0.3, 0.4) is 0 Å². The molecule has 2 rings (SSSR count). The molecule has 0 radical (unpaired) electrons. The molecule has 108 valence electrons. The van der Waals surface area contributed by atoms with Gasteiger partial charge in [-0.15, -0.1) is 0 Å². The van der Waals surface area contributed by atoms with E-state index in [1.165, 1.54) is 0 Å². The predicted octanol–water partition coefficient (Wildman–Crippen LogP) is 1.69. The Morgan fingerprint density at radius 1 is 1.45 bits per heavy atom. The molecule has 0 bridgehead atoms. The third-order valence-electron chi connectivity index (χ3n) is 3.37. The summed E-state index contributed by atoms with van der Waals surface area (Å²) < 4.78 is 6.01. The number of nitrogens with one attached hydrogen (secondary N) is 1. The van der Waals surface area contributed by atoms with Gasteiger partial charge in [-0.3, -0.25) is 9.59 Å². The number of benzene rings is 1. The molecule has 0 aliphatic carbocycles. The lowest BCUT2D eigenvalue weighted by molar-refractivity contribution is -0.146. The van der Waals surface area contributed by atoms with Crippen molar-refractivity contribution in [1.82, 2.24) is 10.2 Å². The van der Waals surface area contributed by atoms with E-state index in [2.05, 4.69) is 21.2 Å². The Morgan fingerprint density at radius 2 is 2.20 bits per heavy atom. The summed E-state index contributed by atoms with van der Waals surface area (Å²) in [4.78, 5) is 25.4. The summed E-state index contributed by atoms with van der Waals surface area (Å²) in [5.41, 5.74) is 0.958. The van der Waals surface area contributed by atoms with E-state index in [1.54, 1.807) is 12.0 Å². The highest BCUT2D eigenvalue weighted by Gasteiger charge is 2.32. The SMILES string of the molecule is CCC1C(=O)NCC(=O)N1Cc1ccc(OC)c(Br)c1. The second-order valence-corrected chi connectivity index (χ2v) is 5.49. The number of hydrogen-bond donors (Lipinski definition) is 1. The average Bonchev–Trinajstić information content (AvgIpc) is 2.43. The molecule has 5 nitrogen and oxygen atoms in total. The fourth-order valence-corrected chi connectivity index (χ4v) is 2.89. The van der Waals surface area contributed by atoms with Crippen molar-refractivity contribution in [3.63, 3.8) is 0 Å². The first-order valence-corrected chi connectivity index (χ1v) is 7.25. The van der Waals surface area contributed by atoms with Crippen molar-refractivity contribution >= 4 is 27.7 Å². The van der Waals surface area contributed by atoms with Crippen molar-refractivity contribution < 1.29 is 14.3 Å². The molecule has 1 fully saturated rings.